The Bertz CT molecular complexity index is 1900. The smallest absolute Gasteiger partial charge is 0.304 e. The number of ketones is 1. The Kier molecular flexibility index (Phi) is 15.6. The molecule has 2 fully saturated rings. The number of H-pyrrole nitrogens is 1. The third kappa shape index (κ3) is 11.6. The quantitative estimate of drug-likeness (QED) is 0.0927. The summed E-state index contributed by atoms with van der Waals surface area (Å²) in [5.74, 6) is -5.56. The zero-order chi connectivity index (χ0) is 42.6. The molecule has 15 nitrogen and oxygen atoms in total. The summed E-state index contributed by atoms with van der Waals surface area (Å²) in [5.41, 5.74) is 8.26. The third-order valence-corrected chi connectivity index (χ3v) is 12.9. The highest BCUT2D eigenvalue weighted by atomic mass is 16.4. The fraction of sp³-hybridized carbons (Fsp3) is 0.578. The molecule has 1 aliphatic heterocycles. The Balaban J connectivity index is 1.25. The van der Waals surface area contributed by atoms with Gasteiger partial charge in [-0.3, -0.25) is 29.0 Å². The number of rotatable bonds is 19. The summed E-state index contributed by atoms with van der Waals surface area (Å²) in [6, 6.07) is 12.4. The monoisotopic (exact) mass is 827 g/mol. The number of carboxylic acids is 1. The van der Waals surface area contributed by atoms with Crippen molar-refractivity contribution in [3.05, 3.63) is 83.7 Å². The first-order chi connectivity index (χ1) is 28.9. The number of pyridine rings is 1. The van der Waals surface area contributed by atoms with E-state index in [2.05, 4.69) is 37.7 Å². The van der Waals surface area contributed by atoms with Crippen molar-refractivity contribution in [2.75, 3.05) is 13.1 Å². The van der Waals surface area contributed by atoms with Crippen LogP contribution in [0.4, 0.5) is 0 Å². The third-order valence-electron chi connectivity index (χ3n) is 12.9. The van der Waals surface area contributed by atoms with Gasteiger partial charge in [-0.05, 0) is 93.4 Å². The molecule has 3 amide bonds. The van der Waals surface area contributed by atoms with E-state index in [0.717, 1.165) is 25.7 Å². The highest BCUT2D eigenvalue weighted by molar-refractivity contribution is 6.00. The fourth-order valence-corrected chi connectivity index (χ4v) is 9.42. The summed E-state index contributed by atoms with van der Waals surface area (Å²) in [4.78, 5) is 83.1. The van der Waals surface area contributed by atoms with Gasteiger partial charge in [0, 0.05) is 61.7 Å². The number of piperidine rings is 1. The van der Waals surface area contributed by atoms with Gasteiger partial charge in [-0.15, -0.1) is 0 Å². The molecule has 3 heterocycles. The maximum atomic E-state index is 15.1. The maximum absolute atomic E-state index is 15.1. The van der Waals surface area contributed by atoms with Gasteiger partial charge in [-0.2, -0.15) is 0 Å². The van der Waals surface area contributed by atoms with Gasteiger partial charge in [-0.1, -0.05) is 49.6 Å². The molecule has 1 saturated carbocycles. The number of aliphatic hydroxyl groups is 2. The number of carbonyl (C=O) groups is 5. The minimum atomic E-state index is -1.75. The fourth-order valence-electron chi connectivity index (χ4n) is 9.42. The lowest BCUT2D eigenvalue weighted by Crippen LogP contribution is -2.64. The molecule has 6 rings (SSSR count). The van der Waals surface area contributed by atoms with E-state index in [1.165, 1.54) is 17.5 Å². The number of Topliss-reactive ketones (excluding diaryl/α,β-unsaturated/α-hetero) is 1. The summed E-state index contributed by atoms with van der Waals surface area (Å²) >= 11 is 0. The van der Waals surface area contributed by atoms with Gasteiger partial charge in [0.05, 0.1) is 36.9 Å². The van der Waals surface area contributed by atoms with Gasteiger partial charge in [0.2, 0.25) is 17.7 Å². The standard InChI is InChI=1S/C45H61N7O8/c46-32-16-21-52(22-17-32)39(54)24-31(23-30-11-8-10-29-9-2-3-13-35(29)30)43(59)50-37(25-34-27-47-28-49-34)42(58)45(18-5-1-6-19-45)51-44(60)36(26-40(55)56)41(57)38(53)15-14-33-12-4-7-20-48-33/h2-4,7,9,12-13,20,27-28,30-32,36-38,41,53,57H,1,5-6,8,10-11,14-19,21-26,46H2,(H,47,49)(H,50,59)(H,51,60)(H,55,56)/t30?,31-,36+,37+,38+,41-/m1/s1. The minimum absolute atomic E-state index is 0.0192. The molecule has 3 aliphatic rings. The average Bonchev–Trinajstić information content (AvgIpc) is 3.78. The summed E-state index contributed by atoms with van der Waals surface area (Å²) in [5, 5.41) is 38.0. The second kappa shape index (κ2) is 21.0. The number of benzene rings is 1. The lowest BCUT2D eigenvalue weighted by molar-refractivity contribution is -0.148. The van der Waals surface area contributed by atoms with E-state index < -0.39 is 65.6 Å². The summed E-state index contributed by atoms with van der Waals surface area (Å²) in [7, 11) is 0. The zero-order valence-corrected chi connectivity index (χ0v) is 34.3. The maximum Gasteiger partial charge on any atom is 0.304 e. The van der Waals surface area contributed by atoms with Crippen LogP contribution in [-0.4, -0.2) is 108 Å². The Morgan fingerprint density at radius 3 is 2.38 bits per heavy atom. The number of amides is 3. The van der Waals surface area contributed by atoms with Crippen molar-refractivity contribution >= 4 is 29.5 Å². The number of nitrogens with two attached hydrogens (primary N) is 1. The van der Waals surface area contributed by atoms with Gasteiger partial charge in [0.15, 0.2) is 5.78 Å². The van der Waals surface area contributed by atoms with Crippen molar-refractivity contribution in [1.82, 2.24) is 30.5 Å². The summed E-state index contributed by atoms with van der Waals surface area (Å²) < 4.78 is 0. The topological polar surface area (TPSA) is 241 Å². The Morgan fingerprint density at radius 1 is 0.933 bits per heavy atom. The largest absolute Gasteiger partial charge is 0.481 e. The van der Waals surface area contributed by atoms with Crippen LogP contribution in [0.15, 0.2) is 61.2 Å². The number of hydrogen-bond donors (Lipinski definition) is 7. The predicted octanol–water partition coefficient (Wildman–Crippen LogP) is 3.13. The number of fused-ring (bicyclic) bond motifs is 1. The van der Waals surface area contributed by atoms with Crippen LogP contribution in [0.2, 0.25) is 0 Å². The molecule has 0 bridgehead atoms. The minimum Gasteiger partial charge on any atom is -0.481 e. The molecule has 2 aromatic heterocycles. The van der Waals surface area contributed by atoms with E-state index in [9.17, 15) is 34.5 Å². The van der Waals surface area contributed by atoms with Crippen molar-refractivity contribution in [2.24, 2.45) is 17.6 Å². The number of likely N-dealkylation sites (tertiary alicyclic amines) is 1. The van der Waals surface area contributed by atoms with Crippen LogP contribution in [0.3, 0.4) is 0 Å². The predicted molar refractivity (Wildman–Crippen MR) is 222 cm³/mol. The van der Waals surface area contributed by atoms with Crippen molar-refractivity contribution < 1.29 is 39.3 Å². The van der Waals surface area contributed by atoms with E-state index in [1.807, 2.05) is 12.1 Å². The Labute approximate surface area is 351 Å². The van der Waals surface area contributed by atoms with Gasteiger partial charge in [0.1, 0.15) is 5.54 Å². The number of aryl methyl sites for hydroxylation is 2. The second-order valence-corrected chi connectivity index (χ2v) is 17.1. The molecule has 6 atom stereocenters. The molecule has 3 aromatic rings. The van der Waals surface area contributed by atoms with Crippen LogP contribution in [0.5, 0.6) is 0 Å². The number of aliphatic hydroxyl groups excluding tert-OH is 2. The van der Waals surface area contributed by atoms with Crippen molar-refractivity contribution in [2.45, 2.75) is 138 Å². The first-order valence-electron chi connectivity index (χ1n) is 21.7. The number of hydrogen-bond acceptors (Lipinski definition) is 10. The summed E-state index contributed by atoms with van der Waals surface area (Å²) in [6.07, 6.45) is 7.86. The van der Waals surface area contributed by atoms with E-state index >= 15 is 4.79 Å². The van der Waals surface area contributed by atoms with Crippen LogP contribution in [0.25, 0.3) is 0 Å². The molecule has 0 radical (unpaired) electrons. The molecule has 1 unspecified atom stereocenters. The van der Waals surface area contributed by atoms with Gasteiger partial charge < -0.3 is 41.6 Å². The Hall–Kier alpha value is -4.99. The number of aromatic nitrogens is 3. The molecule has 2 aliphatic carbocycles. The van der Waals surface area contributed by atoms with E-state index in [4.69, 9.17) is 5.73 Å². The number of aliphatic carboxylic acids is 1. The van der Waals surface area contributed by atoms with Gasteiger partial charge >= 0.3 is 5.97 Å². The van der Waals surface area contributed by atoms with Crippen molar-refractivity contribution in [3.8, 4) is 0 Å². The molecule has 8 N–H and O–H groups in total. The van der Waals surface area contributed by atoms with Gasteiger partial charge in [-0.25, -0.2) is 4.98 Å². The number of carboxylic acid groups (broad SMARTS) is 1. The molecular weight excluding hydrogens is 767 g/mol. The summed E-state index contributed by atoms with van der Waals surface area (Å²) in [6.45, 7) is 1.03. The van der Waals surface area contributed by atoms with E-state index in [1.54, 1.807) is 35.5 Å². The Morgan fingerprint density at radius 2 is 1.68 bits per heavy atom. The van der Waals surface area contributed by atoms with Crippen LogP contribution in [0, 0.1) is 11.8 Å². The van der Waals surface area contributed by atoms with Crippen LogP contribution in [0.1, 0.15) is 112 Å². The molecular formula is C45H61N7O8. The number of nitrogens with one attached hydrogen (secondary N) is 3. The van der Waals surface area contributed by atoms with Crippen molar-refractivity contribution in [3.63, 3.8) is 0 Å². The molecule has 60 heavy (non-hydrogen) atoms. The van der Waals surface area contributed by atoms with Crippen molar-refractivity contribution in [1.29, 1.82) is 0 Å². The molecule has 0 spiro atoms. The first kappa shape index (κ1) is 44.6. The number of nitrogens with zero attached hydrogens (tertiary/aromatic N) is 3. The second-order valence-electron chi connectivity index (χ2n) is 17.1. The number of carbonyl (C=O) groups excluding carboxylic acids is 4. The lowest BCUT2D eigenvalue weighted by atomic mass is 9.74. The van der Waals surface area contributed by atoms with Crippen LogP contribution < -0.4 is 16.4 Å². The highest BCUT2D eigenvalue weighted by Crippen LogP contribution is 2.38. The normalized spacial score (nSPS) is 20.4. The average molecular weight is 828 g/mol. The van der Waals surface area contributed by atoms with Crippen LogP contribution >= 0.6 is 0 Å². The van der Waals surface area contributed by atoms with Gasteiger partial charge in [0.25, 0.3) is 0 Å². The number of aromatic amines is 1. The number of imidazole rings is 1. The lowest BCUT2D eigenvalue weighted by Gasteiger charge is -2.40. The zero-order valence-electron chi connectivity index (χ0n) is 34.3. The van der Waals surface area contributed by atoms with E-state index in [-0.39, 0.29) is 56.4 Å². The molecule has 1 aromatic carbocycles. The molecule has 1 saturated heterocycles. The highest BCUT2D eigenvalue weighted by Gasteiger charge is 2.47. The van der Waals surface area contributed by atoms with Crippen LogP contribution in [-0.2, 0) is 43.2 Å². The molecule has 15 heteroatoms. The van der Waals surface area contributed by atoms with E-state index in [0.29, 0.717) is 56.6 Å². The molecule has 324 valence electrons. The first-order valence-corrected chi connectivity index (χ1v) is 21.7. The SMILES string of the molecule is NC1CCN(C(=O)C[C@@H](CC2CCCc3ccccc32)C(=O)N[C@@H](Cc2cnc[nH]2)C(=O)C2(NC(=O)[C@@H](CC(=O)O)[C@@H](O)[C@@H](O)CCc3ccccn3)CCCCC2)CC1.